The zero-order valence-corrected chi connectivity index (χ0v) is 14.7. The van der Waals surface area contributed by atoms with Crippen LogP contribution in [0.4, 0.5) is 0 Å². The molecule has 0 spiro atoms. The van der Waals surface area contributed by atoms with Crippen molar-refractivity contribution in [3.63, 3.8) is 0 Å². The standard InChI is InChI=1S/C21H28O2/c1-15(2)19-12-10-18(5)20(14-19)11-9-16(3)7-6-8-17(4)13-21(22)23/h6-9,11,13,19H,1,10,12,14H2,2-5H3,(H,22,23)/b8-6+,11-9+,16-7-,17-13+/t19-/m0/s1. The maximum atomic E-state index is 10.5. The number of carboxylic acids is 1. The van der Waals surface area contributed by atoms with Gasteiger partial charge in [-0.1, -0.05) is 53.7 Å². The summed E-state index contributed by atoms with van der Waals surface area (Å²) in [7, 11) is 0. The van der Waals surface area contributed by atoms with Gasteiger partial charge in [0.15, 0.2) is 0 Å². The minimum atomic E-state index is -0.917. The summed E-state index contributed by atoms with van der Waals surface area (Å²) in [6.45, 7) is 12.3. The summed E-state index contributed by atoms with van der Waals surface area (Å²) in [6.07, 6.45) is 14.7. The third kappa shape index (κ3) is 7.14. The number of aliphatic carboxylic acids is 1. The Morgan fingerprint density at radius 1 is 1.22 bits per heavy atom. The lowest BCUT2D eigenvalue weighted by Gasteiger charge is -2.24. The third-order valence-corrected chi connectivity index (χ3v) is 4.20. The number of carbonyl (C=O) groups is 1. The van der Waals surface area contributed by atoms with Crippen LogP contribution in [-0.4, -0.2) is 11.1 Å². The molecule has 0 aromatic carbocycles. The molecule has 1 aliphatic carbocycles. The van der Waals surface area contributed by atoms with Gasteiger partial charge in [0.25, 0.3) is 0 Å². The number of rotatable bonds is 6. The van der Waals surface area contributed by atoms with Crippen LogP contribution in [0.3, 0.4) is 0 Å². The van der Waals surface area contributed by atoms with E-state index in [1.165, 1.54) is 29.2 Å². The molecule has 1 N–H and O–H groups in total. The van der Waals surface area contributed by atoms with Crippen LogP contribution in [0.1, 0.15) is 47.0 Å². The van der Waals surface area contributed by atoms with E-state index in [1.807, 2.05) is 19.1 Å². The molecule has 0 aromatic rings. The van der Waals surface area contributed by atoms with Crippen LogP contribution in [0, 0.1) is 5.92 Å². The summed E-state index contributed by atoms with van der Waals surface area (Å²) in [4.78, 5) is 10.5. The van der Waals surface area contributed by atoms with Crippen molar-refractivity contribution in [3.8, 4) is 0 Å². The molecule has 0 saturated heterocycles. The van der Waals surface area contributed by atoms with Gasteiger partial charge in [-0.25, -0.2) is 4.79 Å². The van der Waals surface area contributed by atoms with Crippen molar-refractivity contribution in [3.05, 3.63) is 70.9 Å². The van der Waals surface area contributed by atoms with Crippen LogP contribution in [0.25, 0.3) is 0 Å². The maximum absolute atomic E-state index is 10.5. The number of allylic oxidation sites excluding steroid dienone is 10. The Bertz CT molecular complexity index is 610. The minimum Gasteiger partial charge on any atom is -0.478 e. The van der Waals surface area contributed by atoms with Crippen LogP contribution >= 0.6 is 0 Å². The van der Waals surface area contributed by atoms with Gasteiger partial charge in [-0.05, 0) is 64.0 Å². The van der Waals surface area contributed by atoms with Crippen molar-refractivity contribution in [2.24, 2.45) is 5.92 Å². The molecule has 0 aliphatic heterocycles. The molecule has 0 heterocycles. The van der Waals surface area contributed by atoms with E-state index in [0.29, 0.717) is 5.92 Å². The van der Waals surface area contributed by atoms with Crippen molar-refractivity contribution in [2.45, 2.75) is 47.0 Å². The Hall–Kier alpha value is -2.09. The number of hydrogen-bond donors (Lipinski definition) is 1. The summed E-state index contributed by atoms with van der Waals surface area (Å²) < 4.78 is 0. The molecule has 0 amide bonds. The minimum absolute atomic E-state index is 0.603. The predicted octanol–water partition coefficient (Wildman–Crippen LogP) is 5.77. The molecule has 0 radical (unpaired) electrons. The highest BCUT2D eigenvalue weighted by atomic mass is 16.4. The molecule has 0 fully saturated rings. The van der Waals surface area contributed by atoms with E-state index >= 15 is 0 Å². The monoisotopic (exact) mass is 312 g/mol. The molecule has 2 heteroatoms. The van der Waals surface area contributed by atoms with E-state index in [1.54, 1.807) is 13.0 Å². The molecule has 0 bridgehead atoms. The maximum Gasteiger partial charge on any atom is 0.328 e. The predicted molar refractivity (Wildman–Crippen MR) is 98.3 cm³/mol. The van der Waals surface area contributed by atoms with Crippen molar-refractivity contribution in [2.75, 3.05) is 0 Å². The van der Waals surface area contributed by atoms with Gasteiger partial charge in [-0.2, -0.15) is 0 Å². The second-order valence-electron chi connectivity index (χ2n) is 6.42. The fraction of sp³-hybridized carbons (Fsp3) is 0.381. The molecule has 0 saturated carbocycles. The van der Waals surface area contributed by atoms with Crippen LogP contribution in [0.5, 0.6) is 0 Å². The van der Waals surface area contributed by atoms with E-state index < -0.39 is 5.97 Å². The van der Waals surface area contributed by atoms with Gasteiger partial charge in [-0.15, -0.1) is 0 Å². The van der Waals surface area contributed by atoms with E-state index in [2.05, 4.69) is 32.6 Å². The zero-order chi connectivity index (χ0) is 17.4. The van der Waals surface area contributed by atoms with Gasteiger partial charge in [0.05, 0.1) is 0 Å². The van der Waals surface area contributed by atoms with Crippen LogP contribution < -0.4 is 0 Å². The van der Waals surface area contributed by atoms with E-state index in [0.717, 1.165) is 24.0 Å². The average Bonchev–Trinajstić information content (AvgIpc) is 2.45. The van der Waals surface area contributed by atoms with Crippen LogP contribution in [-0.2, 0) is 4.79 Å². The van der Waals surface area contributed by atoms with Crippen molar-refractivity contribution in [1.29, 1.82) is 0 Å². The smallest absolute Gasteiger partial charge is 0.328 e. The van der Waals surface area contributed by atoms with Crippen molar-refractivity contribution < 1.29 is 9.90 Å². The molecule has 0 aromatic heterocycles. The summed E-state index contributed by atoms with van der Waals surface area (Å²) >= 11 is 0. The normalized spacial score (nSPS) is 20.6. The quantitative estimate of drug-likeness (QED) is 0.384. The fourth-order valence-electron chi connectivity index (χ4n) is 2.61. The first-order valence-electron chi connectivity index (χ1n) is 8.08. The summed E-state index contributed by atoms with van der Waals surface area (Å²) in [5, 5.41) is 8.66. The van der Waals surface area contributed by atoms with Crippen LogP contribution in [0.15, 0.2) is 70.9 Å². The highest BCUT2D eigenvalue weighted by molar-refractivity contribution is 5.81. The summed E-state index contributed by atoms with van der Waals surface area (Å²) in [5.41, 5.74) is 6.03. The van der Waals surface area contributed by atoms with Crippen LogP contribution in [0.2, 0.25) is 0 Å². The Morgan fingerprint density at radius 3 is 2.52 bits per heavy atom. The second kappa shape index (κ2) is 9.14. The summed E-state index contributed by atoms with van der Waals surface area (Å²) in [5.74, 6) is -0.314. The Morgan fingerprint density at radius 2 is 1.91 bits per heavy atom. The van der Waals surface area contributed by atoms with Gasteiger partial charge in [-0.3, -0.25) is 0 Å². The van der Waals surface area contributed by atoms with Crippen molar-refractivity contribution in [1.82, 2.24) is 0 Å². The largest absolute Gasteiger partial charge is 0.478 e. The zero-order valence-electron chi connectivity index (χ0n) is 14.7. The fourth-order valence-corrected chi connectivity index (χ4v) is 2.61. The van der Waals surface area contributed by atoms with E-state index in [-0.39, 0.29) is 0 Å². The van der Waals surface area contributed by atoms with E-state index in [9.17, 15) is 4.79 Å². The highest BCUT2D eigenvalue weighted by Crippen LogP contribution is 2.33. The topological polar surface area (TPSA) is 37.3 Å². The molecule has 1 rings (SSSR count). The lowest BCUT2D eigenvalue weighted by Crippen LogP contribution is -2.09. The Balaban J connectivity index is 2.72. The molecule has 0 unspecified atom stereocenters. The second-order valence-corrected chi connectivity index (χ2v) is 6.42. The van der Waals surface area contributed by atoms with Gasteiger partial charge >= 0.3 is 5.97 Å². The molecule has 1 aliphatic rings. The van der Waals surface area contributed by atoms with Gasteiger partial charge in [0.1, 0.15) is 0 Å². The first kappa shape index (κ1) is 19.0. The third-order valence-electron chi connectivity index (χ3n) is 4.20. The lowest BCUT2D eigenvalue weighted by atomic mass is 9.81. The molecule has 2 nitrogen and oxygen atoms in total. The molecular formula is C21H28O2. The molecular weight excluding hydrogens is 284 g/mol. The molecule has 124 valence electrons. The highest BCUT2D eigenvalue weighted by Gasteiger charge is 2.17. The van der Waals surface area contributed by atoms with E-state index in [4.69, 9.17) is 5.11 Å². The molecule has 23 heavy (non-hydrogen) atoms. The van der Waals surface area contributed by atoms with Gasteiger partial charge < -0.3 is 5.11 Å². The first-order valence-corrected chi connectivity index (χ1v) is 8.08. The summed E-state index contributed by atoms with van der Waals surface area (Å²) in [6, 6.07) is 0. The number of hydrogen-bond acceptors (Lipinski definition) is 1. The number of carboxylic acid groups (broad SMARTS) is 1. The average molecular weight is 312 g/mol. The Kier molecular flexibility index (Phi) is 7.53. The first-order chi connectivity index (χ1) is 10.8. The SMILES string of the molecule is C=C(C)[C@H]1CCC(C)=C(/C=C/C(C)=C\C=C\C(C)=C\C(=O)O)C1. The van der Waals surface area contributed by atoms with Crippen molar-refractivity contribution >= 4 is 5.97 Å². The van der Waals surface area contributed by atoms with Gasteiger partial charge in [0, 0.05) is 6.08 Å². The Labute approximate surface area is 140 Å². The lowest BCUT2D eigenvalue weighted by molar-refractivity contribution is -0.131. The molecule has 1 atom stereocenters. The van der Waals surface area contributed by atoms with Gasteiger partial charge in [0.2, 0.25) is 0 Å².